The molecule has 25 heavy (non-hydrogen) atoms. The maximum absolute atomic E-state index is 13.0. The predicted octanol–water partition coefficient (Wildman–Crippen LogP) is 2.35. The number of carbonyl (C=O) groups is 1. The first kappa shape index (κ1) is 18.5. The number of thioether (sulfide) groups is 1. The van der Waals surface area contributed by atoms with Gasteiger partial charge in [0.15, 0.2) is 6.61 Å². The molecular formula is C19H29N3O2S. The number of aryl methyl sites for hydroxylation is 1. The van der Waals surface area contributed by atoms with Crippen LogP contribution in [0.5, 0.6) is 5.75 Å². The van der Waals surface area contributed by atoms with Crippen molar-refractivity contribution < 1.29 is 9.53 Å². The number of hydrogen-bond acceptors (Lipinski definition) is 5. The molecule has 0 spiro atoms. The third-order valence-corrected chi connectivity index (χ3v) is 6.43. The Kier molecular flexibility index (Phi) is 6.25. The Morgan fingerprint density at radius 1 is 1.24 bits per heavy atom. The summed E-state index contributed by atoms with van der Waals surface area (Å²) in [5.41, 5.74) is 7.72. The molecule has 138 valence electrons. The molecule has 0 aromatic heterocycles. The zero-order valence-corrected chi connectivity index (χ0v) is 16.1. The van der Waals surface area contributed by atoms with E-state index in [1.807, 2.05) is 47.9 Å². The summed E-state index contributed by atoms with van der Waals surface area (Å²) in [6.45, 7) is 7.20. The van der Waals surface area contributed by atoms with Crippen molar-refractivity contribution in [1.29, 1.82) is 0 Å². The van der Waals surface area contributed by atoms with Gasteiger partial charge in [0.25, 0.3) is 5.91 Å². The van der Waals surface area contributed by atoms with Crippen LogP contribution in [0.1, 0.15) is 32.3 Å². The summed E-state index contributed by atoms with van der Waals surface area (Å²) in [6.07, 6.45) is 2.45. The van der Waals surface area contributed by atoms with Crippen molar-refractivity contribution in [3.05, 3.63) is 29.8 Å². The lowest BCUT2D eigenvalue weighted by Crippen LogP contribution is -2.53. The number of amides is 1. The second-order valence-corrected chi connectivity index (χ2v) is 8.55. The third-order valence-electron chi connectivity index (χ3n) is 5.05. The van der Waals surface area contributed by atoms with E-state index in [0.29, 0.717) is 5.25 Å². The molecule has 2 saturated heterocycles. The molecule has 0 saturated carbocycles. The molecule has 3 atom stereocenters. The number of benzene rings is 1. The van der Waals surface area contributed by atoms with Crippen molar-refractivity contribution in [3.63, 3.8) is 0 Å². The van der Waals surface area contributed by atoms with Gasteiger partial charge in [-0.15, -0.1) is 0 Å². The van der Waals surface area contributed by atoms with Gasteiger partial charge in [0, 0.05) is 23.9 Å². The van der Waals surface area contributed by atoms with Gasteiger partial charge in [-0.05, 0) is 51.5 Å². The Labute approximate surface area is 154 Å². The number of hydrazine groups is 1. The highest BCUT2D eigenvalue weighted by atomic mass is 32.2. The van der Waals surface area contributed by atoms with Gasteiger partial charge in [0.2, 0.25) is 0 Å². The van der Waals surface area contributed by atoms with Gasteiger partial charge >= 0.3 is 0 Å². The molecule has 3 unspecified atom stereocenters. The van der Waals surface area contributed by atoms with Gasteiger partial charge in [-0.3, -0.25) is 15.6 Å². The van der Waals surface area contributed by atoms with Crippen molar-refractivity contribution >= 4 is 17.7 Å². The van der Waals surface area contributed by atoms with E-state index in [1.165, 1.54) is 24.2 Å². The molecule has 1 amide bonds. The molecule has 1 aromatic carbocycles. The van der Waals surface area contributed by atoms with Crippen LogP contribution < -0.4 is 15.6 Å². The number of rotatable bonds is 6. The summed E-state index contributed by atoms with van der Waals surface area (Å²) in [6, 6.07) is 8.45. The predicted molar refractivity (Wildman–Crippen MR) is 103 cm³/mol. The largest absolute Gasteiger partial charge is 0.484 e. The molecule has 2 aliphatic rings. The van der Waals surface area contributed by atoms with Crippen molar-refractivity contribution in [3.8, 4) is 5.75 Å². The Balaban J connectivity index is 1.66. The highest BCUT2D eigenvalue weighted by Crippen LogP contribution is 2.28. The van der Waals surface area contributed by atoms with Crippen LogP contribution in [0.4, 0.5) is 0 Å². The van der Waals surface area contributed by atoms with Gasteiger partial charge in [0.1, 0.15) is 5.75 Å². The van der Waals surface area contributed by atoms with E-state index in [9.17, 15) is 4.79 Å². The number of nitrogens with zero attached hydrogens (tertiary/aromatic N) is 1. The summed E-state index contributed by atoms with van der Waals surface area (Å²) >= 11 is 1.99. The Morgan fingerprint density at radius 2 is 1.92 bits per heavy atom. The fourth-order valence-corrected chi connectivity index (χ4v) is 4.93. The first-order valence-corrected chi connectivity index (χ1v) is 10.2. The molecule has 2 N–H and O–H groups in total. The van der Waals surface area contributed by atoms with Gasteiger partial charge in [-0.25, -0.2) is 0 Å². The van der Waals surface area contributed by atoms with Gasteiger partial charge in [-0.2, -0.15) is 11.8 Å². The fourth-order valence-electron chi connectivity index (χ4n) is 3.67. The summed E-state index contributed by atoms with van der Waals surface area (Å²) in [5.74, 6) is 2.03. The molecule has 5 nitrogen and oxygen atoms in total. The van der Waals surface area contributed by atoms with E-state index in [1.54, 1.807) is 0 Å². The maximum Gasteiger partial charge on any atom is 0.260 e. The van der Waals surface area contributed by atoms with Crippen LogP contribution in [-0.4, -0.2) is 53.1 Å². The minimum absolute atomic E-state index is 0.0716. The van der Waals surface area contributed by atoms with Crippen LogP contribution >= 0.6 is 11.8 Å². The smallest absolute Gasteiger partial charge is 0.260 e. The molecule has 2 fully saturated rings. The molecule has 0 aliphatic carbocycles. The van der Waals surface area contributed by atoms with Gasteiger partial charge < -0.3 is 9.64 Å². The molecule has 6 heteroatoms. The maximum atomic E-state index is 13.0. The molecule has 2 heterocycles. The minimum atomic E-state index is 0.0716. The normalized spacial score (nSPS) is 28.9. The average molecular weight is 364 g/mol. The van der Waals surface area contributed by atoms with Crippen molar-refractivity contribution in [2.75, 3.05) is 18.9 Å². The zero-order chi connectivity index (χ0) is 17.8. The van der Waals surface area contributed by atoms with Crippen LogP contribution in [-0.2, 0) is 4.79 Å². The van der Waals surface area contributed by atoms with Gasteiger partial charge in [-0.1, -0.05) is 17.7 Å². The number of ether oxygens (including phenoxy) is 1. The Morgan fingerprint density at radius 3 is 2.52 bits per heavy atom. The molecule has 3 rings (SSSR count). The van der Waals surface area contributed by atoms with E-state index in [-0.39, 0.29) is 30.6 Å². The third kappa shape index (κ3) is 4.68. The molecular weight excluding hydrogens is 334 g/mol. The minimum Gasteiger partial charge on any atom is -0.484 e. The molecule has 2 aliphatic heterocycles. The summed E-state index contributed by atoms with van der Waals surface area (Å²) < 4.78 is 5.76. The highest BCUT2D eigenvalue weighted by Gasteiger charge is 2.38. The SMILES string of the molecule is Cc1ccc(OCC(=O)N(CC2CCCS2)C2C(C)NNC2C)cc1. The molecule has 1 aromatic rings. The van der Waals surface area contributed by atoms with Crippen LogP contribution in [0.2, 0.25) is 0 Å². The number of hydrogen-bond donors (Lipinski definition) is 2. The van der Waals surface area contributed by atoms with Crippen molar-refractivity contribution in [1.82, 2.24) is 15.8 Å². The van der Waals surface area contributed by atoms with Crippen molar-refractivity contribution in [2.45, 2.75) is 57.0 Å². The van der Waals surface area contributed by atoms with E-state index in [4.69, 9.17) is 4.74 Å². The van der Waals surface area contributed by atoms with Crippen LogP contribution in [0.15, 0.2) is 24.3 Å². The van der Waals surface area contributed by atoms with Crippen molar-refractivity contribution in [2.24, 2.45) is 0 Å². The topological polar surface area (TPSA) is 53.6 Å². The standard InChI is InChI=1S/C19H29N3O2S/c1-13-6-8-16(9-7-13)24-12-18(23)22(11-17-5-4-10-25-17)19-14(2)20-21-15(19)3/h6-9,14-15,17,19-21H,4-5,10-12H2,1-3H3. The fraction of sp³-hybridized carbons (Fsp3) is 0.632. The first-order chi connectivity index (χ1) is 12.0. The highest BCUT2D eigenvalue weighted by molar-refractivity contribution is 8.00. The van der Waals surface area contributed by atoms with E-state index in [0.717, 1.165) is 12.3 Å². The van der Waals surface area contributed by atoms with E-state index in [2.05, 4.69) is 24.7 Å². The second kappa shape index (κ2) is 8.43. The lowest BCUT2D eigenvalue weighted by Gasteiger charge is -2.35. The first-order valence-electron chi connectivity index (χ1n) is 9.16. The summed E-state index contributed by atoms with van der Waals surface area (Å²) in [5, 5.41) is 0.545. The van der Waals surface area contributed by atoms with E-state index < -0.39 is 0 Å². The second-order valence-electron chi connectivity index (χ2n) is 7.14. The van der Waals surface area contributed by atoms with Crippen LogP contribution in [0.25, 0.3) is 0 Å². The summed E-state index contributed by atoms with van der Waals surface area (Å²) in [7, 11) is 0. The zero-order valence-electron chi connectivity index (χ0n) is 15.3. The Hall–Kier alpha value is -1.24. The number of carbonyl (C=O) groups excluding carboxylic acids is 1. The number of nitrogens with one attached hydrogen (secondary N) is 2. The lowest BCUT2D eigenvalue weighted by molar-refractivity contribution is -0.136. The summed E-state index contributed by atoms with van der Waals surface area (Å²) in [4.78, 5) is 15.0. The quantitative estimate of drug-likeness (QED) is 0.813. The van der Waals surface area contributed by atoms with Gasteiger partial charge in [0.05, 0.1) is 6.04 Å². The van der Waals surface area contributed by atoms with Crippen LogP contribution in [0, 0.1) is 6.92 Å². The van der Waals surface area contributed by atoms with E-state index >= 15 is 0 Å². The van der Waals surface area contributed by atoms with Crippen LogP contribution in [0.3, 0.4) is 0 Å². The Bertz CT molecular complexity index is 565. The lowest BCUT2D eigenvalue weighted by atomic mass is 10.0. The monoisotopic (exact) mass is 363 g/mol. The molecule has 0 radical (unpaired) electrons. The molecule has 0 bridgehead atoms. The average Bonchev–Trinajstić information content (AvgIpc) is 3.22.